The SMILES string of the molecule is CCc1ccccc1NC(=O)Nc1cccc(-c2cn3cccnc3n2)c1. The summed E-state index contributed by atoms with van der Waals surface area (Å²) in [4.78, 5) is 21.1. The highest BCUT2D eigenvalue weighted by Gasteiger charge is 2.08. The van der Waals surface area contributed by atoms with Crippen LogP contribution < -0.4 is 10.6 Å². The first-order valence-corrected chi connectivity index (χ1v) is 8.79. The van der Waals surface area contributed by atoms with Crippen LogP contribution in [-0.4, -0.2) is 20.4 Å². The third-order valence-corrected chi connectivity index (χ3v) is 4.30. The molecule has 4 rings (SSSR count). The third-order valence-electron chi connectivity index (χ3n) is 4.30. The maximum Gasteiger partial charge on any atom is 0.323 e. The van der Waals surface area contributed by atoms with Crippen LogP contribution in [0.25, 0.3) is 17.0 Å². The number of rotatable bonds is 4. The highest BCUT2D eigenvalue weighted by Crippen LogP contribution is 2.22. The molecule has 27 heavy (non-hydrogen) atoms. The molecule has 0 aliphatic heterocycles. The van der Waals surface area contributed by atoms with Crippen molar-refractivity contribution in [1.29, 1.82) is 0 Å². The minimum absolute atomic E-state index is 0.273. The van der Waals surface area contributed by atoms with Crippen molar-refractivity contribution in [2.24, 2.45) is 0 Å². The summed E-state index contributed by atoms with van der Waals surface area (Å²) < 4.78 is 1.86. The highest BCUT2D eigenvalue weighted by atomic mass is 16.2. The molecule has 0 aliphatic rings. The van der Waals surface area contributed by atoms with Gasteiger partial charge in [-0.1, -0.05) is 37.3 Å². The van der Waals surface area contributed by atoms with Gasteiger partial charge in [0.15, 0.2) is 0 Å². The van der Waals surface area contributed by atoms with Gasteiger partial charge >= 0.3 is 6.03 Å². The molecule has 2 aromatic heterocycles. The van der Waals surface area contributed by atoms with Crippen molar-refractivity contribution in [2.75, 3.05) is 10.6 Å². The predicted octanol–water partition coefficient (Wildman–Crippen LogP) is 4.60. The zero-order chi connectivity index (χ0) is 18.6. The number of hydrogen-bond acceptors (Lipinski definition) is 3. The van der Waals surface area contributed by atoms with Crippen molar-refractivity contribution in [2.45, 2.75) is 13.3 Å². The van der Waals surface area contributed by atoms with Gasteiger partial charge in [0.05, 0.1) is 5.69 Å². The first-order chi connectivity index (χ1) is 13.2. The molecule has 2 aromatic carbocycles. The normalized spacial score (nSPS) is 10.7. The van der Waals surface area contributed by atoms with Crippen molar-refractivity contribution < 1.29 is 4.79 Å². The first-order valence-electron chi connectivity index (χ1n) is 8.79. The number of fused-ring (bicyclic) bond motifs is 1. The van der Waals surface area contributed by atoms with Crippen molar-refractivity contribution in [3.63, 3.8) is 0 Å². The minimum Gasteiger partial charge on any atom is -0.308 e. The summed E-state index contributed by atoms with van der Waals surface area (Å²) in [5.74, 6) is 0.639. The second-order valence-electron chi connectivity index (χ2n) is 6.12. The van der Waals surface area contributed by atoms with Gasteiger partial charge in [-0.3, -0.25) is 4.40 Å². The maximum atomic E-state index is 12.4. The first kappa shape index (κ1) is 16.8. The third kappa shape index (κ3) is 3.64. The number of aryl methyl sites for hydroxylation is 1. The van der Waals surface area contributed by atoms with E-state index in [4.69, 9.17) is 0 Å². The number of hydrogen-bond donors (Lipinski definition) is 2. The Morgan fingerprint density at radius 1 is 1.07 bits per heavy atom. The van der Waals surface area contributed by atoms with Crippen molar-refractivity contribution in [3.8, 4) is 11.3 Å². The second-order valence-corrected chi connectivity index (χ2v) is 6.12. The van der Waals surface area contributed by atoms with E-state index in [0.29, 0.717) is 11.5 Å². The second kappa shape index (κ2) is 7.29. The molecular formula is C21H19N5O. The van der Waals surface area contributed by atoms with E-state index in [1.54, 1.807) is 6.20 Å². The molecule has 0 unspecified atom stereocenters. The Morgan fingerprint density at radius 2 is 1.96 bits per heavy atom. The number of urea groups is 1. The van der Waals surface area contributed by atoms with Crippen molar-refractivity contribution >= 4 is 23.2 Å². The van der Waals surface area contributed by atoms with Crippen LogP contribution in [0.2, 0.25) is 0 Å². The summed E-state index contributed by atoms with van der Waals surface area (Å²) in [7, 11) is 0. The molecule has 2 amide bonds. The minimum atomic E-state index is -0.273. The van der Waals surface area contributed by atoms with Gasteiger partial charge in [0.2, 0.25) is 5.78 Å². The maximum absolute atomic E-state index is 12.4. The van der Waals surface area contributed by atoms with Crippen LogP contribution in [0.3, 0.4) is 0 Å². The molecular weight excluding hydrogens is 338 g/mol. The van der Waals surface area contributed by atoms with E-state index in [1.165, 1.54) is 0 Å². The molecule has 0 radical (unpaired) electrons. The fraction of sp³-hybridized carbons (Fsp3) is 0.0952. The molecule has 6 heteroatoms. The molecule has 0 saturated carbocycles. The summed E-state index contributed by atoms with van der Waals surface area (Å²) >= 11 is 0. The molecule has 0 spiro atoms. The zero-order valence-corrected chi connectivity index (χ0v) is 14.9. The molecule has 6 nitrogen and oxygen atoms in total. The van der Waals surface area contributed by atoms with Crippen LogP contribution in [0.4, 0.5) is 16.2 Å². The summed E-state index contributed by atoms with van der Waals surface area (Å²) in [5, 5.41) is 5.80. The molecule has 2 N–H and O–H groups in total. The number of para-hydroxylation sites is 1. The van der Waals surface area contributed by atoms with E-state index < -0.39 is 0 Å². The van der Waals surface area contributed by atoms with Gasteiger partial charge in [-0.15, -0.1) is 0 Å². The van der Waals surface area contributed by atoms with Crippen LogP contribution in [-0.2, 0) is 6.42 Å². The van der Waals surface area contributed by atoms with Gasteiger partial charge in [0, 0.05) is 35.5 Å². The molecule has 134 valence electrons. The number of amides is 2. The van der Waals surface area contributed by atoms with Gasteiger partial charge in [0.25, 0.3) is 0 Å². The topological polar surface area (TPSA) is 71.3 Å². The van der Waals surface area contributed by atoms with E-state index in [1.807, 2.05) is 71.4 Å². The Bertz CT molecular complexity index is 1070. The number of nitrogens with zero attached hydrogens (tertiary/aromatic N) is 3. The lowest BCUT2D eigenvalue weighted by Gasteiger charge is -2.11. The Morgan fingerprint density at radius 3 is 2.81 bits per heavy atom. The van der Waals surface area contributed by atoms with E-state index in [2.05, 4.69) is 27.5 Å². The molecule has 2 heterocycles. The molecule has 0 bridgehead atoms. The Kier molecular flexibility index (Phi) is 4.53. The molecule has 0 aliphatic carbocycles. The highest BCUT2D eigenvalue weighted by molar-refractivity contribution is 6.00. The van der Waals surface area contributed by atoms with E-state index in [-0.39, 0.29) is 6.03 Å². The van der Waals surface area contributed by atoms with E-state index in [0.717, 1.165) is 28.9 Å². The number of anilines is 2. The lowest BCUT2D eigenvalue weighted by Crippen LogP contribution is -2.20. The Hall–Kier alpha value is -3.67. The van der Waals surface area contributed by atoms with Crippen molar-refractivity contribution in [1.82, 2.24) is 14.4 Å². The fourth-order valence-corrected chi connectivity index (χ4v) is 2.96. The van der Waals surface area contributed by atoms with Crippen LogP contribution in [0.5, 0.6) is 0 Å². The average Bonchev–Trinajstić information content (AvgIpc) is 3.13. The largest absolute Gasteiger partial charge is 0.323 e. The van der Waals surface area contributed by atoms with Gasteiger partial charge in [-0.05, 0) is 36.2 Å². The Balaban J connectivity index is 1.53. The lowest BCUT2D eigenvalue weighted by molar-refractivity contribution is 0.262. The van der Waals surface area contributed by atoms with E-state index >= 15 is 0 Å². The molecule has 0 saturated heterocycles. The fourth-order valence-electron chi connectivity index (χ4n) is 2.96. The summed E-state index contributed by atoms with van der Waals surface area (Å²) in [6.07, 6.45) is 6.38. The Labute approximate surface area is 156 Å². The monoisotopic (exact) mass is 357 g/mol. The summed E-state index contributed by atoms with van der Waals surface area (Å²) in [6.45, 7) is 2.06. The summed E-state index contributed by atoms with van der Waals surface area (Å²) in [6, 6.07) is 17.0. The zero-order valence-electron chi connectivity index (χ0n) is 14.9. The van der Waals surface area contributed by atoms with Gasteiger partial charge in [-0.2, -0.15) is 0 Å². The van der Waals surface area contributed by atoms with Gasteiger partial charge < -0.3 is 10.6 Å². The molecule has 0 atom stereocenters. The predicted molar refractivity (Wildman–Crippen MR) is 107 cm³/mol. The standard InChI is InChI=1S/C21H19N5O/c1-2-15-7-3-4-10-18(15)25-21(27)23-17-9-5-8-16(13-17)19-14-26-12-6-11-22-20(26)24-19/h3-14H,2H2,1H3,(H2,23,25,27). The quantitative estimate of drug-likeness (QED) is 0.560. The molecule has 0 fully saturated rings. The average molecular weight is 357 g/mol. The number of aromatic nitrogens is 3. The van der Waals surface area contributed by atoms with Crippen LogP contribution >= 0.6 is 0 Å². The van der Waals surface area contributed by atoms with E-state index in [9.17, 15) is 4.79 Å². The smallest absolute Gasteiger partial charge is 0.308 e. The van der Waals surface area contributed by atoms with Crippen molar-refractivity contribution in [3.05, 3.63) is 78.8 Å². The number of benzene rings is 2. The number of imidazole rings is 1. The van der Waals surface area contributed by atoms with Gasteiger partial charge in [0.1, 0.15) is 0 Å². The van der Waals surface area contributed by atoms with Crippen LogP contribution in [0.1, 0.15) is 12.5 Å². The van der Waals surface area contributed by atoms with Gasteiger partial charge in [-0.25, -0.2) is 14.8 Å². The molecule has 4 aromatic rings. The van der Waals surface area contributed by atoms with Crippen LogP contribution in [0.15, 0.2) is 73.2 Å². The number of carbonyl (C=O) groups is 1. The lowest BCUT2D eigenvalue weighted by atomic mass is 10.1. The number of carbonyl (C=O) groups excluding carboxylic acids is 1. The van der Waals surface area contributed by atoms with Crippen LogP contribution in [0, 0.1) is 0 Å². The summed E-state index contributed by atoms with van der Waals surface area (Å²) in [5.41, 5.74) is 4.32. The number of nitrogens with one attached hydrogen (secondary N) is 2.